The topological polar surface area (TPSA) is 37.3 Å². The van der Waals surface area contributed by atoms with Gasteiger partial charge in [0.15, 0.2) is 0 Å². The van der Waals surface area contributed by atoms with Crippen LogP contribution in [0.5, 0.6) is 0 Å². The van der Waals surface area contributed by atoms with Crippen molar-refractivity contribution in [3.05, 3.63) is 41.2 Å². The predicted molar refractivity (Wildman–Crippen MR) is 48.1 cm³/mol. The third kappa shape index (κ3) is 2.15. The van der Waals surface area contributed by atoms with Crippen LogP contribution in [0, 0.1) is 5.82 Å². The summed E-state index contributed by atoms with van der Waals surface area (Å²) in [7, 11) is 0. The summed E-state index contributed by atoms with van der Waals surface area (Å²) in [5.74, 6) is -1.95. The predicted octanol–water partition coefficient (Wildman–Crippen LogP) is 2.56. The van der Waals surface area contributed by atoms with E-state index in [1.807, 2.05) is 6.92 Å². The molecular weight excluding hydrogens is 171 g/mol. The molecule has 0 fully saturated rings. The van der Waals surface area contributed by atoms with E-state index in [4.69, 9.17) is 5.11 Å². The second-order valence-corrected chi connectivity index (χ2v) is 2.54. The summed E-state index contributed by atoms with van der Waals surface area (Å²) in [5, 5.41) is 8.59. The summed E-state index contributed by atoms with van der Waals surface area (Å²) in [6.45, 7) is 1.81. The van der Waals surface area contributed by atoms with Crippen molar-refractivity contribution < 1.29 is 14.3 Å². The first-order valence-electron chi connectivity index (χ1n) is 3.80. The molecule has 0 aliphatic rings. The highest BCUT2D eigenvalue weighted by atomic mass is 19.1. The van der Waals surface area contributed by atoms with Gasteiger partial charge >= 0.3 is 5.97 Å². The minimum absolute atomic E-state index is 0.296. The molecule has 1 aromatic carbocycles. The molecule has 0 amide bonds. The third-order valence-electron chi connectivity index (χ3n) is 1.58. The highest BCUT2D eigenvalue weighted by Crippen LogP contribution is 2.11. The first-order chi connectivity index (χ1) is 6.15. The quantitative estimate of drug-likeness (QED) is 0.759. The maximum absolute atomic E-state index is 12.9. The second kappa shape index (κ2) is 3.85. The van der Waals surface area contributed by atoms with Gasteiger partial charge < -0.3 is 5.11 Å². The molecule has 1 aromatic rings. The van der Waals surface area contributed by atoms with Gasteiger partial charge in [-0.15, -0.1) is 0 Å². The molecule has 1 rings (SSSR count). The fourth-order valence-corrected chi connectivity index (χ4v) is 1.00. The Morgan fingerprint density at radius 1 is 1.54 bits per heavy atom. The van der Waals surface area contributed by atoms with Gasteiger partial charge in [0, 0.05) is 0 Å². The van der Waals surface area contributed by atoms with Gasteiger partial charge in [-0.2, -0.15) is 0 Å². The van der Waals surface area contributed by atoms with E-state index in [2.05, 4.69) is 0 Å². The summed E-state index contributed by atoms with van der Waals surface area (Å²) in [4.78, 5) is 10.5. The SMILES string of the molecule is CC=Cc1ccc(F)c(C(=O)O)c1. The van der Waals surface area contributed by atoms with Crippen LogP contribution in [0.4, 0.5) is 4.39 Å². The Morgan fingerprint density at radius 3 is 2.77 bits per heavy atom. The number of benzene rings is 1. The van der Waals surface area contributed by atoms with Crippen LogP contribution in [0.1, 0.15) is 22.8 Å². The van der Waals surface area contributed by atoms with Crippen molar-refractivity contribution in [2.75, 3.05) is 0 Å². The van der Waals surface area contributed by atoms with Crippen molar-refractivity contribution in [1.29, 1.82) is 0 Å². The summed E-state index contributed by atoms with van der Waals surface area (Å²) in [6.07, 6.45) is 3.48. The minimum Gasteiger partial charge on any atom is -0.478 e. The fourth-order valence-electron chi connectivity index (χ4n) is 1.00. The average Bonchev–Trinajstić information content (AvgIpc) is 2.08. The van der Waals surface area contributed by atoms with Gasteiger partial charge in [0.25, 0.3) is 0 Å². The molecule has 0 aromatic heterocycles. The van der Waals surface area contributed by atoms with Crippen LogP contribution in [-0.2, 0) is 0 Å². The molecule has 0 heterocycles. The lowest BCUT2D eigenvalue weighted by Crippen LogP contribution is -2.00. The average molecular weight is 180 g/mol. The van der Waals surface area contributed by atoms with E-state index in [9.17, 15) is 9.18 Å². The molecule has 68 valence electrons. The fraction of sp³-hybridized carbons (Fsp3) is 0.100. The van der Waals surface area contributed by atoms with Gasteiger partial charge in [0.2, 0.25) is 0 Å². The van der Waals surface area contributed by atoms with Crippen LogP contribution in [0.2, 0.25) is 0 Å². The highest BCUT2D eigenvalue weighted by molar-refractivity contribution is 5.88. The zero-order valence-electron chi connectivity index (χ0n) is 7.12. The Labute approximate surface area is 75.3 Å². The Balaban J connectivity index is 3.18. The number of carbonyl (C=O) groups is 1. The molecule has 0 bridgehead atoms. The molecule has 3 heteroatoms. The molecule has 0 saturated heterocycles. The number of hydrogen-bond acceptors (Lipinski definition) is 1. The van der Waals surface area contributed by atoms with Gasteiger partial charge in [-0.1, -0.05) is 18.2 Å². The van der Waals surface area contributed by atoms with Crippen LogP contribution >= 0.6 is 0 Å². The van der Waals surface area contributed by atoms with E-state index in [0.717, 1.165) is 6.07 Å². The molecule has 0 spiro atoms. The van der Waals surface area contributed by atoms with Crippen LogP contribution < -0.4 is 0 Å². The van der Waals surface area contributed by atoms with Crippen molar-refractivity contribution >= 4 is 12.0 Å². The lowest BCUT2D eigenvalue weighted by atomic mass is 10.1. The molecule has 0 atom stereocenters. The third-order valence-corrected chi connectivity index (χ3v) is 1.58. The lowest BCUT2D eigenvalue weighted by Gasteiger charge is -1.98. The molecule has 0 radical (unpaired) electrons. The van der Waals surface area contributed by atoms with E-state index in [0.29, 0.717) is 5.56 Å². The van der Waals surface area contributed by atoms with Crippen molar-refractivity contribution in [3.8, 4) is 0 Å². The number of rotatable bonds is 2. The molecule has 0 aliphatic carbocycles. The van der Waals surface area contributed by atoms with Crippen molar-refractivity contribution in [1.82, 2.24) is 0 Å². The Hall–Kier alpha value is -1.64. The smallest absolute Gasteiger partial charge is 0.338 e. The number of allylic oxidation sites excluding steroid dienone is 1. The molecule has 0 saturated carbocycles. The van der Waals surface area contributed by atoms with Gasteiger partial charge in [-0.3, -0.25) is 0 Å². The standard InChI is InChI=1S/C10H9FO2/c1-2-3-7-4-5-9(11)8(6-7)10(12)13/h2-6H,1H3,(H,12,13). The lowest BCUT2D eigenvalue weighted by molar-refractivity contribution is 0.0692. The van der Waals surface area contributed by atoms with E-state index in [-0.39, 0.29) is 5.56 Å². The number of hydrogen-bond donors (Lipinski definition) is 1. The van der Waals surface area contributed by atoms with E-state index < -0.39 is 11.8 Å². The van der Waals surface area contributed by atoms with Crippen molar-refractivity contribution in [2.24, 2.45) is 0 Å². The van der Waals surface area contributed by atoms with Gasteiger partial charge in [-0.25, -0.2) is 9.18 Å². The highest BCUT2D eigenvalue weighted by Gasteiger charge is 2.09. The van der Waals surface area contributed by atoms with Crippen LogP contribution in [-0.4, -0.2) is 11.1 Å². The molecule has 0 unspecified atom stereocenters. The maximum atomic E-state index is 12.9. The normalized spacial score (nSPS) is 10.6. The van der Waals surface area contributed by atoms with Gasteiger partial charge in [-0.05, 0) is 24.6 Å². The van der Waals surface area contributed by atoms with Gasteiger partial charge in [0.05, 0.1) is 5.56 Å². The molecule has 13 heavy (non-hydrogen) atoms. The Bertz CT molecular complexity index is 356. The van der Waals surface area contributed by atoms with E-state index in [1.54, 1.807) is 12.2 Å². The molecule has 1 N–H and O–H groups in total. The zero-order chi connectivity index (χ0) is 9.84. The zero-order valence-corrected chi connectivity index (χ0v) is 7.12. The number of aromatic carboxylic acids is 1. The number of halogens is 1. The Kier molecular flexibility index (Phi) is 2.80. The second-order valence-electron chi connectivity index (χ2n) is 2.54. The van der Waals surface area contributed by atoms with Crippen LogP contribution in [0.3, 0.4) is 0 Å². The first-order valence-corrected chi connectivity index (χ1v) is 3.80. The molecular formula is C10H9FO2. The van der Waals surface area contributed by atoms with E-state index in [1.165, 1.54) is 12.1 Å². The van der Waals surface area contributed by atoms with Crippen LogP contribution in [0.15, 0.2) is 24.3 Å². The van der Waals surface area contributed by atoms with Crippen molar-refractivity contribution in [2.45, 2.75) is 6.92 Å². The molecule has 0 aliphatic heterocycles. The largest absolute Gasteiger partial charge is 0.478 e. The number of carboxylic acids is 1. The minimum atomic E-state index is -1.25. The maximum Gasteiger partial charge on any atom is 0.338 e. The summed E-state index contributed by atoms with van der Waals surface area (Å²) in [6, 6.07) is 3.98. The number of carboxylic acid groups (broad SMARTS) is 1. The van der Waals surface area contributed by atoms with Gasteiger partial charge in [0.1, 0.15) is 5.82 Å². The van der Waals surface area contributed by atoms with E-state index >= 15 is 0 Å². The summed E-state index contributed by atoms with van der Waals surface area (Å²) < 4.78 is 12.9. The van der Waals surface area contributed by atoms with Crippen LogP contribution in [0.25, 0.3) is 6.08 Å². The monoisotopic (exact) mass is 180 g/mol. The Morgan fingerprint density at radius 2 is 2.23 bits per heavy atom. The molecule has 2 nitrogen and oxygen atoms in total. The first kappa shape index (κ1) is 9.45. The summed E-state index contributed by atoms with van der Waals surface area (Å²) >= 11 is 0. The summed E-state index contributed by atoms with van der Waals surface area (Å²) in [5.41, 5.74) is 0.386. The van der Waals surface area contributed by atoms with Crippen molar-refractivity contribution in [3.63, 3.8) is 0 Å².